The normalized spacial score (nSPS) is 25.6. The molecule has 2 aliphatic rings. The van der Waals surface area contributed by atoms with Crippen molar-refractivity contribution in [2.24, 2.45) is 11.8 Å². The number of carbonyl (C=O) groups is 2. The average Bonchev–Trinajstić information content (AvgIpc) is 2.95. The van der Waals surface area contributed by atoms with E-state index in [4.69, 9.17) is 5.11 Å². The molecule has 1 amide bonds. The largest absolute Gasteiger partial charge is 0.481 e. The molecule has 3 rings (SSSR count). The van der Waals surface area contributed by atoms with Crippen molar-refractivity contribution in [3.8, 4) is 0 Å². The minimum atomic E-state index is -0.753. The van der Waals surface area contributed by atoms with Crippen LogP contribution in [-0.4, -0.2) is 27.9 Å². The Bertz CT molecular complexity index is 495. The van der Waals surface area contributed by atoms with E-state index >= 15 is 0 Å². The summed E-state index contributed by atoms with van der Waals surface area (Å²) in [5.74, 6) is -0.996. The molecule has 5 heteroatoms. The van der Waals surface area contributed by atoms with Gasteiger partial charge in [-0.15, -0.1) is 11.3 Å². The summed E-state index contributed by atoms with van der Waals surface area (Å²) in [6.45, 7) is 0.690. The first-order valence-electron chi connectivity index (χ1n) is 7.21. The van der Waals surface area contributed by atoms with Crippen LogP contribution in [0.4, 0.5) is 0 Å². The maximum atomic E-state index is 12.7. The van der Waals surface area contributed by atoms with E-state index in [0.29, 0.717) is 25.4 Å². The van der Waals surface area contributed by atoms with Crippen molar-refractivity contribution in [3.05, 3.63) is 22.4 Å². The molecule has 0 aliphatic heterocycles. The van der Waals surface area contributed by atoms with Crippen molar-refractivity contribution in [1.29, 1.82) is 0 Å². The van der Waals surface area contributed by atoms with Crippen molar-refractivity contribution in [1.82, 2.24) is 4.90 Å². The number of hydrogen-bond acceptors (Lipinski definition) is 3. The van der Waals surface area contributed by atoms with E-state index in [2.05, 4.69) is 6.07 Å². The van der Waals surface area contributed by atoms with E-state index < -0.39 is 5.97 Å². The highest BCUT2D eigenvalue weighted by Gasteiger charge is 2.40. The van der Waals surface area contributed by atoms with Gasteiger partial charge in [0.15, 0.2) is 0 Å². The number of carboxylic acids is 1. The van der Waals surface area contributed by atoms with Gasteiger partial charge in [0.05, 0.1) is 12.5 Å². The lowest BCUT2D eigenvalue weighted by Crippen LogP contribution is -2.36. The standard InChI is InChI=1S/C15H19NO3S/c17-14(10-3-4-11(8-10)15(18)19)16(12-5-6-12)9-13-2-1-7-20-13/h1-2,7,10-12H,3-6,8-9H2,(H,18,19). The first-order chi connectivity index (χ1) is 9.65. The molecule has 2 fully saturated rings. The maximum Gasteiger partial charge on any atom is 0.306 e. The summed E-state index contributed by atoms with van der Waals surface area (Å²) in [6.07, 6.45) is 4.06. The lowest BCUT2D eigenvalue weighted by atomic mass is 10.0. The zero-order chi connectivity index (χ0) is 14.1. The van der Waals surface area contributed by atoms with E-state index in [0.717, 1.165) is 19.3 Å². The van der Waals surface area contributed by atoms with Gasteiger partial charge in [0.1, 0.15) is 0 Å². The van der Waals surface area contributed by atoms with E-state index in [-0.39, 0.29) is 17.7 Å². The van der Waals surface area contributed by atoms with Gasteiger partial charge in [-0.1, -0.05) is 6.07 Å². The maximum absolute atomic E-state index is 12.7. The fraction of sp³-hybridized carbons (Fsp3) is 0.600. The second kappa shape index (κ2) is 5.56. The number of thiophene rings is 1. The van der Waals surface area contributed by atoms with Gasteiger partial charge in [0.25, 0.3) is 0 Å². The Labute approximate surface area is 122 Å². The smallest absolute Gasteiger partial charge is 0.306 e. The third kappa shape index (κ3) is 2.87. The van der Waals surface area contributed by atoms with Crippen molar-refractivity contribution in [2.75, 3.05) is 0 Å². The number of amides is 1. The zero-order valence-corrected chi connectivity index (χ0v) is 12.1. The predicted molar refractivity (Wildman–Crippen MR) is 76.4 cm³/mol. The van der Waals surface area contributed by atoms with Crippen molar-refractivity contribution >= 4 is 23.2 Å². The number of nitrogens with zero attached hydrogens (tertiary/aromatic N) is 1. The minimum absolute atomic E-state index is 0.0864. The van der Waals surface area contributed by atoms with Gasteiger partial charge >= 0.3 is 5.97 Å². The summed E-state index contributed by atoms with van der Waals surface area (Å²) in [5.41, 5.74) is 0. The van der Waals surface area contributed by atoms with Gasteiger partial charge < -0.3 is 10.0 Å². The molecule has 0 radical (unpaired) electrons. The minimum Gasteiger partial charge on any atom is -0.481 e. The number of carboxylic acid groups (broad SMARTS) is 1. The van der Waals surface area contributed by atoms with E-state index in [1.54, 1.807) is 11.3 Å². The quantitative estimate of drug-likeness (QED) is 0.908. The molecule has 0 bridgehead atoms. The van der Waals surface area contributed by atoms with E-state index in [1.165, 1.54) is 4.88 Å². The molecular formula is C15H19NO3S. The van der Waals surface area contributed by atoms with Crippen LogP contribution in [0.5, 0.6) is 0 Å². The van der Waals surface area contributed by atoms with E-state index in [1.807, 2.05) is 16.3 Å². The molecule has 108 valence electrons. The Morgan fingerprint density at radius 2 is 2.00 bits per heavy atom. The molecule has 0 spiro atoms. The molecule has 1 N–H and O–H groups in total. The topological polar surface area (TPSA) is 57.6 Å². The van der Waals surface area contributed by atoms with Crippen LogP contribution in [-0.2, 0) is 16.1 Å². The molecule has 2 saturated carbocycles. The van der Waals surface area contributed by atoms with Gasteiger partial charge in [-0.3, -0.25) is 9.59 Å². The lowest BCUT2D eigenvalue weighted by Gasteiger charge is -2.25. The third-order valence-corrected chi connectivity index (χ3v) is 5.17. The van der Waals surface area contributed by atoms with Gasteiger partial charge in [0.2, 0.25) is 5.91 Å². The van der Waals surface area contributed by atoms with Crippen molar-refractivity contribution in [3.63, 3.8) is 0 Å². The predicted octanol–water partition coefficient (Wildman–Crippen LogP) is 2.74. The molecule has 1 heterocycles. The van der Waals surface area contributed by atoms with Gasteiger partial charge in [-0.2, -0.15) is 0 Å². The Morgan fingerprint density at radius 3 is 2.55 bits per heavy atom. The summed E-state index contributed by atoms with van der Waals surface area (Å²) in [7, 11) is 0. The van der Waals surface area contributed by atoms with Crippen LogP contribution in [0.15, 0.2) is 17.5 Å². The highest BCUT2D eigenvalue weighted by atomic mass is 32.1. The van der Waals surface area contributed by atoms with E-state index in [9.17, 15) is 9.59 Å². The second-order valence-electron chi connectivity index (χ2n) is 5.82. The molecular weight excluding hydrogens is 274 g/mol. The number of aliphatic carboxylic acids is 1. The SMILES string of the molecule is O=C(O)C1CCC(C(=O)N(Cc2cccs2)C2CC2)C1. The summed E-state index contributed by atoms with van der Waals surface area (Å²) in [4.78, 5) is 26.9. The van der Waals surface area contributed by atoms with Gasteiger partial charge in [-0.25, -0.2) is 0 Å². The summed E-state index contributed by atoms with van der Waals surface area (Å²) < 4.78 is 0. The Balaban J connectivity index is 1.65. The van der Waals surface area contributed by atoms with Crippen LogP contribution < -0.4 is 0 Å². The molecule has 2 unspecified atom stereocenters. The zero-order valence-electron chi connectivity index (χ0n) is 11.3. The lowest BCUT2D eigenvalue weighted by molar-refractivity contribution is -0.141. The summed E-state index contributed by atoms with van der Waals surface area (Å²) in [5, 5.41) is 11.1. The average molecular weight is 293 g/mol. The Morgan fingerprint density at radius 1 is 1.25 bits per heavy atom. The highest BCUT2D eigenvalue weighted by molar-refractivity contribution is 7.09. The van der Waals surface area contributed by atoms with Crippen LogP contribution in [0.25, 0.3) is 0 Å². The fourth-order valence-electron chi connectivity index (χ4n) is 3.01. The number of carbonyl (C=O) groups excluding carboxylic acids is 1. The second-order valence-corrected chi connectivity index (χ2v) is 6.85. The van der Waals surface area contributed by atoms with Gasteiger partial charge in [-0.05, 0) is 43.6 Å². The molecule has 1 aromatic rings. The van der Waals surface area contributed by atoms with Crippen LogP contribution >= 0.6 is 11.3 Å². The highest BCUT2D eigenvalue weighted by Crippen LogP contribution is 2.36. The third-order valence-electron chi connectivity index (χ3n) is 4.31. The monoisotopic (exact) mass is 293 g/mol. The molecule has 4 nitrogen and oxygen atoms in total. The Hall–Kier alpha value is -1.36. The van der Waals surface area contributed by atoms with Crippen molar-refractivity contribution < 1.29 is 14.7 Å². The van der Waals surface area contributed by atoms with Crippen LogP contribution in [0.2, 0.25) is 0 Å². The first kappa shape index (κ1) is 13.6. The molecule has 20 heavy (non-hydrogen) atoms. The fourth-order valence-corrected chi connectivity index (χ4v) is 3.71. The molecule has 0 aromatic carbocycles. The molecule has 1 aromatic heterocycles. The van der Waals surface area contributed by atoms with Crippen LogP contribution in [0, 0.1) is 11.8 Å². The van der Waals surface area contributed by atoms with Crippen LogP contribution in [0.3, 0.4) is 0 Å². The molecule has 2 atom stereocenters. The summed E-state index contributed by atoms with van der Waals surface area (Å²) >= 11 is 1.67. The number of rotatable bonds is 5. The first-order valence-corrected chi connectivity index (χ1v) is 8.09. The van der Waals surface area contributed by atoms with Crippen LogP contribution in [0.1, 0.15) is 37.0 Å². The molecule has 0 saturated heterocycles. The molecule has 2 aliphatic carbocycles. The van der Waals surface area contributed by atoms with Crippen molar-refractivity contribution in [2.45, 2.75) is 44.7 Å². The Kier molecular flexibility index (Phi) is 3.78. The number of hydrogen-bond donors (Lipinski definition) is 1. The summed E-state index contributed by atoms with van der Waals surface area (Å²) in [6, 6.07) is 4.45. The van der Waals surface area contributed by atoms with Gasteiger partial charge in [0, 0.05) is 16.8 Å².